The van der Waals surface area contributed by atoms with E-state index in [1.165, 1.54) is 5.56 Å². The maximum absolute atomic E-state index is 6.11. The normalized spacial score (nSPS) is 10.6. The Bertz CT molecular complexity index is 502. The first kappa shape index (κ1) is 13.6. The molecule has 0 amide bonds. The maximum Gasteiger partial charge on any atom is 0.206 e. The third kappa shape index (κ3) is 3.86. The third-order valence-corrected chi connectivity index (χ3v) is 4.67. The van der Waals surface area contributed by atoms with E-state index in [1.54, 1.807) is 23.1 Å². The minimum absolute atomic E-state index is 0.837. The summed E-state index contributed by atoms with van der Waals surface area (Å²) in [5.41, 5.74) is 1.18. The molecule has 0 bridgehead atoms. The Morgan fingerprint density at radius 2 is 2.17 bits per heavy atom. The zero-order valence-electron chi connectivity index (χ0n) is 10.0. The predicted octanol–water partition coefficient (Wildman–Crippen LogP) is 3.96. The van der Waals surface area contributed by atoms with Crippen LogP contribution in [0.25, 0.3) is 0 Å². The average Bonchev–Trinajstić information content (AvgIpc) is 2.80. The molecule has 0 fully saturated rings. The minimum Gasteiger partial charge on any atom is -0.360 e. The molecule has 1 heterocycles. The molecule has 1 aromatic heterocycles. The van der Waals surface area contributed by atoms with Crippen LogP contribution in [0.2, 0.25) is 5.02 Å². The number of thioether (sulfide) groups is 1. The van der Waals surface area contributed by atoms with Crippen LogP contribution < -0.4 is 5.32 Å². The lowest BCUT2D eigenvalue weighted by Gasteiger charge is -2.01. The molecule has 0 aliphatic carbocycles. The number of aryl methyl sites for hydroxylation is 1. The van der Waals surface area contributed by atoms with Crippen LogP contribution in [0, 0.1) is 0 Å². The summed E-state index contributed by atoms with van der Waals surface area (Å²) in [6, 6.07) is 7.95. The van der Waals surface area contributed by atoms with E-state index in [9.17, 15) is 0 Å². The van der Waals surface area contributed by atoms with Crippen molar-refractivity contribution in [2.45, 2.75) is 17.7 Å². The Kier molecular flexibility index (Phi) is 5.28. The van der Waals surface area contributed by atoms with Gasteiger partial charge in [0, 0.05) is 17.3 Å². The standard InChI is InChI=1S/C12H14ClN3S2/c1-2-14-11-15-16-12(18-11)17-8-7-9-5-3-4-6-10(9)13/h3-6H,2,7-8H2,1H3,(H,14,15). The molecule has 18 heavy (non-hydrogen) atoms. The summed E-state index contributed by atoms with van der Waals surface area (Å²) in [5, 5.41) is 13.1. The fourth-order valence-corrected chi connectivity index (χ4v) is 3.53. The van der Waals surface area contributed by atoms with Gasteiger partial charge in [0.2, 0.25) is 5.13 Å². The quantitative estimate of drug-likeness (QED) is 0.819. The van der Waals surface area contributed by atoms with Crippen LogP contribution in [-0.2, 0) is 6.42 Å². The van der Waals surface area contributed by atoms with Crippen molar-refractivity contribution < 1.29 is 0 Å². The van der Waals surface area contributed by atoms with Crippen molar-refractivity contribution in [1.82, 2.24) is 10.2 Å². The van der Waals surface area contributed by atoms with E-state index in [2.05, 4.69) is 21.6 Å². The van der Waals surface area contributed by atoms with Gasteiger partial charge in [0.05, 0.1) is 0 Å². The number of benzene rings is 1. The molecule has 0 radical (unpaired) electrons. The fraction of sp³-hybridized carbons (Fsp3) is 0.333. The lowest BCUT2D eigenvalue weighted by atomic mass is 10.2. The Morgan fingerprint density at radius 3 is 2.94 bits per heavy atom. The van der Waals surface area contributed by atoms with Crippen LogP contribution in [0.5, 0.6) is 0 Å². The van der Waals surface area contributed by atoms with Crippen molar-refractivity contribution in [3.05, 3.63) is 34.9 Å². The van der Waals surface area contributed by atoms with Gasteiger partial charge >= 0.3 is 0 Å². The lowest BCUT2D eigenvalue weighted by molar-refractivity contribution is 1.000. The topological polar surface area (TPSA) is 37.8 Å². The highest BCUT2D eigenvalue weighted by molar-refractivity contribution is 8.01. The molecule has 0 saturated heterocycles. The van der Waals surface area contributed by atoms with Crippen molar-refractivity contribution in [3.63, 3.8) is 0 Å². The summed E-state index contributed by atoms with van der Waals surface area (Å²) < 4.78 is 0.998. The largest absolute Gasteiger partial charge is 0.360 e. The van der Waals surface area contributed by atoms with Crippen LogP contribution in [-0.4, -0.2) is 22.5 Å². The first-order valence-corrected chi connectivity index (χ1v) is 7.91. The zero-order valence-corrected chi connectivity index (χ0v) is 12.4. The number of nitrogens with zero attached hydrogens (tertiary/aromatic N) is 2. The summed E-state index contributed by atoms with van der Waals surface area (Å²) in [6.45, 7) is 2.92. The molecule has 0 unspecified atom stereocenters. The van der Waals surface area contributed by atoms with E-state index in [4.69, 9.17) is 11.6 Å². The highest BCUT2D eigenvalue weighted by atomic mass is 35.5. The molecule has 0 saturated carbocycles. The van der Waals surface area contributed by atoms with Gasteiger partial charge in [-0.2, -0.15) is 0 Å². The van der Waals surface area contributed by atoms with E-state index in [1.807, 2.05) is 25.1 Å². The number of anilines is 1. The Labute approximate surface area is 120 Å². The molecule has 1 N–H and O–H groups in total. The number of nitrogens with one attached hydrogen (secondary N) is 1. The smallest absolute Gasteiger partial charge is 0.206 e. The van der Waals surface area contributed by atoms with Gasteiger partial charge in [0.25, 0.3) is 0 Å². The van der Waals surface area contributed by atoms with Crippen molar-refractivity contribution in [1.29, 1.82) is 0 Å². The number of hydrogen-bond donors (Lipinski definition) is 1. The van der Waals surface area contributed by atoms with Gasteiger partial charge in [-0.15, -0.1) is 10.2 Å². The molecule has 2 aromatic rings. The summed E-state index contributed by atoms with van der Waals surface area (Å²) >= 11 is 9.42. The van der Waals surface area contributed by atoms with Crippen LogP contribution >= 0.6 is 34.7 Å². The van der Waals surface area contributed by atoms with Crippen molar-refractivity contribution in [2.75, 3.05) is 17.6 Å². The molecule has 0 atom stereocenters. The van der Waals surface area contributed by atoms with Crippen LogP contribution in [0.4, 0.5) is 5.13 Å². The maximum atomic E-state index is 6.11. The van der Waals surface area contributed by atoms with Gasteiger partial charge < -0.3 is 5.32 Å². The van der Waals surface area contributed by atoms with E-state index >= 15 is 0 Å². The highest BCUT2D eigenvalue weighted by Gasteiger charge is 2.04. The molecular formula is C12H14ClN3S2. The molecule has 0 spiro atoms. The first-order chi connectivity index (χ1) is 8.79. The zero-order chi connectivity index (χ0) is 12.8. The number of hydrogen-bond acceptors (Lipinski definition) is 5. The van der Waals surface area contributed by atoms with Gasteiger partial charge in [0.1, 0.15) is 0 Å². The van der Waals surface area contributed by atoms with Gasteiger partial charge in [-0.1, -0.05) is 52.9 Å². The Balaban J connectivity index is 1.83. The summed E-state index contributed by atoms with van der Waals surface area (Å²) in [4.78, 5) is 0. The second-order valence-corrected chi connectivity index (χ2v) is 6.32. The third-order valence-electron chi connectivity index (χ3n) is 2.29. The molecule has 96 valence electrons. The molecular weight excluding hydrogens is 286 g/mol. The average molecular weight is 300 g/mol. The van der Waals surface area contributed by atoms with Gasteiger partial charge in [-0.25, -0.2) is 0 Å². The number of rotatable bonds is 6. The van der Waals surface area contributed by atoms with Gasteiger partial charge in [-0.05, 0) is 25.0 Å². The predicted molar refractivity (Wildman–Crippen MR) is 80.0 cm³/mol. The van der Waals surface area contributed by atoms with E-state index in [-0.39, 0.29) is 0 Å². The first-order valence-electron chi connectivity index (χ1n) is 5.73. The Morgan fingerprint density at radius 1 is 1.33 bits per heavy atom. The molecule has 2 rings (SSSR count). The van der Waals surface area contributed by atoms with Gasteiger partial charge in [0.15, 0.2) is 4.34 Å². The van der Waals surface area contributed by atoms with Crippen LogP contribution in [0.1, 0.15) is 12.5 Å². The minimum atomic E-state index is 0.837. The van der Waals surface area contributed by atoms with E-state index < -0.39 is 0 Å². The fourth-order valence-electron chi connectivity index (χ4n) is 1.44. The monoisotopic (exact) mass is 299 g/mol. The van der Waals surface area contributed by atoms with E-state index in [0.717, 1.165) is 33.2 Å². The number of aromatic nitrogens is 2. The SMILES string of the molecule is CCNc1nnc(SCCc2ccccc2Cl)s1. The summed E-state index contributed by atoms with van der Waals surface area (Å²) in [5.74, 6) is 0.963. The van der Waals surface area contributed by atoms with Crippen molar-refractivity contribution in [3.8, 4) is 0 Å². The molecule has 0 aliphatic rings. The van der Waals surface area contributed by atoms with E-state index in [0.29, 0.717) is 0 Å². The van der Waals surface area contributed by atoms with Crippen molar-refractivity contribution in [2.24, 2.45) is 0 Å². The molecule has 6 heteroatoms. The van der Waals surface area contributed by atoms with Gasteiger partial charge in [-0.3, -0.25) is 0 Å². The Hall–Kier alpha value is -0.780. The second kappa shape index (κ2) is 6.97. The summed E-state index contributed by atoms with van der Waals surface area (Å²) in [6.07, 6.45) is 0.945. The van der Waals surface area contributed by atoms with Crippen molar-refractivity contribution >= 4 is 39.8 Å². The second-order valence-electron chi connectivity index (χ2n) is 3.59. The molecule has 3 nitrogen and oxygen atoms in total. The summed E-state index contributed by atoms with van der Waals surface area (Å²) in [7, 11) is 0. The lowest BCUT2D eigenvalue weighted by Crippen LogP contribution is -1.94. The highest BCUT2D eigenvalue weighted by Crippen LogP contribution is 2.26. The van der Waals surface area contributed by atoms with Crippen LogP contribution in [0.15, 0.2) is 28.6 Å². The molecule has 1 aromatic carbocycles. The number of halogens is 1. The van der Waals surface area contributed by atoms with Crippen LogP contribution in [0.3, 0.4) is 0 Å². The molecule has 0 aliphatic heterocycles.